The maximum atomic E-state index is 12.2. The molecule has 0 radical (unpaired) electrons. The van der Waals surface area contributed by atoms with Crippen LogP contribution in [-0.4, -0.2) is 25.1 Å². The lowest BCUT2D eigenvalue weighted by molar-refractivity contribution is -0.119. The van der Waals surface area contributed by atoms with Gasteiger partial charge in [0.2, 0.25) is 0 Å². The van der Waals surface area contributed by atoms with Crippen LogP contribution in [0.15, 0.2) is 41.8 Å². The number of carbonyl (C=O) groups is 2. The molecule has 22 heavy (non-hydrogen) atoms. The van der Waals surface area contributed by atoms with Gasteiger partial charge in [-0.1, -0.05) is 18.2 Å². The van der Waals surface area contributed by atoms with Gasteiger partial charge in [0.05, 0.1) is 5.69 Å². The fourth-order valence-electron chi connectivity index (χ4n) is 1.55. The molecule has 0 atom stereocenters. The second-order valence-corrected chi connectivity index (χ2v) is 4.92. The van der Waals surface area contributed by atoms with Gasteiger partial charge in [-0.3, -0.25) is 4.79 Å². The smallest absolute Gasteiger partial charge is 0.387 e. The monoisotopic (exact) mass is 327 g/mol. The standard InChI is InChI=1S/C14H11F2NO4S/c15-14(16)21-10-5-2-1-4-9(10)17-12(18)8-20-13(19)11-6-3-7-22-11/h1-7,14H,8H2,(H,17,18). The van der Waals surface area contributed by atoms with Gasteiger partial charge < -0.3 is 14.8 Å². The summed E-state index contributed by atoms with van der Waals surface area (Å²) in [6.07, 6.45) is 0. The van der Waals surface area contributed by atoms with Gasteiger partial charge >= 0.3 is 12.6 Å². The number of alkyl halides is 2. The lowest BCUT2D eigenvalue weighted by Crippen LogP contribution is -2.21. The molecule has 0 unspecified atom stereocenters. The summed E-state index contributed by atoms with van der Waals surface area (Å²) in [5.74, 6) is -1.45. The van der Waals surface area contributed by atoms with E-state index in [9.17, 15) is 18.4 Å². The Morgan fingerprint density at radius 1 is 1.18 bits per heavy atom. The van der Waals surface area contributed by atoms with E-state index in [1.807, 2.05) is 0 Å². The van der Waals surface area contributed by atoms with E-state index in [1.165, 1.54) is 29.5 Å². The molecule has 0 spiro atoms. The van der Waals surface area contributed by atoms with Crippen LogP contribution in [0.3, 0.4) is 0 Å². The van der Waals surface area contributed by atoms with E-state index in [0.29, 0.717) is 4.88 Å². The molecule has 0 bridgehead atoms. The van der Waals surface area contributed by atoms with Crippen LogP contribution in [0.4, 0.5) is 14.5 Å². The average Bonchev–Trinajstić information content (AvgIpc) is 3.00. The number of carbonyl (C=O) groups excluding carboxylic acids is 2. The largest absolute Gasteiger partial charge is 0.451 e. The number of hydrogen-bond acceptors (Lipinski definition) is 5. The topological polar surface area (TPSA) is 64.6 Å². The quantitative estimate of drug-likeness (QED) is 0.828. The van der Waals surface area contributed by atoms with E-state index in [1.54, 1.807) is 23.6 Å². The first-order chi connectivity index (χ1) is 10.6. The summed E-state index contributed by atoms with van der Waals surface area (Å²) in [5, 5.41) is 4.05. The summed E-state index contributed by atoms with van der Waals surface area (Å²) in [6, 6.07) is 8.97. The Morgan fingerprint density at radius 3 is 2.64 bits per heavy atom. The number of ether oxygens (including phenoxy) is 2. The number of para-hydroxylation sites is 2. The Hall–Kier alpha value is -2.48. The predicted octanol–water partition coefficient (Wildman–Crippen LogP) is 3.15. The van der Waals surface area contributed by atoms with Crippen molar-refractivity contribution in [3.63, 3.8) is 0 Å². The SMILES string of the molecule is O=C(COC(=O)c1cccs1)Nc1ccccc1OC(F)F. The van der Waals surface area contributed by atoms with Crippen molar-refractivity contribution in [3.05, 3.63) is 46.7 Å². The minimum Gasteiger partial charge on any atom is -0.451 e. The van der Waals surface area contributed by atoms with E-state index in [-0.39, 0.29) is 11.4 Å². The van der Waals surface area contributed by atoms with Crippen molar-refractivity contribution in [2.24, 2.45) is 0 Å². The summed E-state index contributed by atoms with van der Waals surface area (Å²) in [4.78, 5) is 23.6. The van der Waals surface area contributed by atoms with Crippen molar-refractivity contribution < 1.29 is 27.8 Å². The summed E-state index contributed by atoms with van der Waals surface area (Å²) in [6.45, 7) is -3.53. The maximum Gasteiger partial charge on any atom is 0.387 e. The van der Waals surface area contributed by atoms with E-state index in [0.717, 1.165) is 0 Å². The summed E-state index contributed by atoms with van der Waals surface area (Å²) in [7, 11) is 0. The number of anilines is 1. The van der Waals surface area contributed by atoms with Gasteiger partial charge in [0, 0.05) is 0 Å². The highest BCUT2D eigenvalue weighted by Crippen LogP contribution is 2.25. The number of esters is 1. The second kappa shape index (κ2) is 7.51. The van der Waals surface area contributed by atoms with Gasteiger partial charge in [-0.2, -0.15) is 8.78 Å². The van der Waals surface area contributed by atoms with Gasteiger partial charge in [-0.05, 0) is 23.6 Å². The van der Waals surface area contributed by atoms with Crippen LogP contribution in [0.2, 0.25) is 0 Å². The summed E-state index contributed by atoms with van der Waals surface area (Å²) in [5.41, 5.74) is 0.0694. The second-order valence-electron chi connectivity index (χ2n) is 3.98. The van der Waals surface area contributed by atoms with E-state index >= 15 is 0 Å². The fraction of sp³-hybridized carbons (Fsp3) is 0.143. The van der Waals surface area contributed by atoms with E-state index in [2.05, 4.69) is 10.1 Å². The predicted molar refractivity (Wildman–Crippen MR) is 76.3 cm³/mol. The number of nitrogens with one attached hydrogen (secondary N) is 1. The zero-order valence-electron chi connectivity index (χ0n) is 11.1. The molecule has 1 aromatic heterocycles. The molecule has 8 heteroatoms. The molecule has 5 nitrogen and oxygen atoms in total. The number of rotatable bonds is 6. The third kappa shape index (κ3) is 4.52. The Balaban J connectivity index is 1.91. The fourth-order valence-corrected chi connectivity index (χ4v) is 2.17. The molecule has 1 amide bonds. The van der Waals surface area contributed by atoms with Crippen molar-refractivity contribution in [3.8, 4) is 5.75 Å². The van der Waals surface area contributed by atoms with Gasteiger partial charge in [0.15, 0.2) is 6.61 Å². The van der Waals surface area contributed by atoms with Crippen molar-refractivity contribution >= 4 is 28.9 Å². The van der Waals surface area contributed by atoms with Crippen LogP contribution >= 0.6 is 11.3 Å². The van der Waals surface area contributed by atoms with Crippen molar-refractivity contribution in [1.29, 1.82) is 0 Å². The zero-order chi connectivity index (χ0) is 15.9. The molecule has 116 valence electrons. The van der Waals surface area contributed by atoms with Crippen molar-refractivity contribution in [1.82, 2.24) is 0 Å². The zero-order valence-corrected chi connectivity index (χ0v) is 11.9. The average molecular weight is 327 g/mol. The number of benzene rings is 1. The van der Waals surface area contributed by atoms with Gasteiger partial charge in [-0.25, -0.2) is 4.79 Å². The summed E-state index contributed by atoms with van der Waals surface area (Å²) >= 11 is 1.19. The van der Waals surface area contributed by atoms with Gasteiger partial charge in [0.25, 0.3) is 5.91 Å². The Bertz CT molecular complexity index is 646. The molecule has 0 saturated heterocycles. The van der Waals surface area contributed by atoms with Gasteiger partial charge in [0.1, 0.15) is 10.6 Å². The normalized spacial score (nSPS) is 10.3. The molecule has 0 aliphatic carbocycles. The van der Waals surface area contributed by atoms with E-state index < -0.39 is 25.1 Å². The Kier molecular flexibility index (Phi) is 5.42. The summed E-state index contributed by atoms with van der Waals surface area (Å²) < 4.78 is 33.6. The molecule has 2 aromatic rings. The third-order valence-corrected chi connectivity index (χ3v) is 3.28. The minimum absolute atomic E-state index is 0.0694. The Morgan fingerprint density at radius 2 is 1.95 bits per heavy atom. The molecule has 1 N–H and O–H groups in total. The molecule has 0 aliphatic rings. The maximum absolute atomic E-state index is 12.2. The highest BCUT2D eigenvalue weighted by atomic mass is 32.1. The molecule has 0 saturated carbocycles. The van der Waals surface area contributed by atoms with Crippen LogP contribution in [0.5, 0.6) is 5.75 Å². The van der Waals surface area contributed by atoms with Crippen LogP contribution in [0.25, 0.3) is 0 Å². The van der Waals surface area contributed by atoms with Crippen molar-refractivity contribution in [2.75, 3.05) is 11.9 Å². The third-order valence-electron chi connectivity index (χ3n) is 2.43. The van der Waals surface area contributed by atoms with Crippen LogP contribution in [0.1, 0.15) is 9.67 Å². The molecule has 1 heterocycles. The number of thiophene rings is 1. The number of hydrogen-bond donors (Lipinski definition) is 1. The lowest BCUT2D eigenvalue weighted by atomic mass is 10.3. The molecule has 0 aliphatic heterocycles. The highest BCUT2D eigenvalue weighted by molar-refractivity contribution is 7.11. The lowest BCUT2D eigenvalue weighted by Gasteiger charge is -2.11. The molecule has 0 fully saturated rings. The minimum atomic E-state index is -3.00. The van der Waals surface area contributed by atoms with Crippen LogP contribution in [-0.2, 0) is 9.53 Å². The van der Waals surface area contributed by atoms with E-state index in [4.69, 9.17) is 4.74 Å². The number of amides is 1. The first kappa shape index (κ1) is 15.9. The van der Waals surface area contributed by atoms with Crippen molar-refractivity contribution in [2.45, 2.75) is 6.61 Å². The first-order valence-corrected chi connectivity index (χ1v) is 6.98. The van der Waals surface area contributed by atoms with Crippen LogP contribution in [0, 0.1) is 0 Å². The highest BCUT2D eigenvalue weighted by Gasteiger charge is 2.14. The van der Waals surface area contributed by atoms with Gasteiger partial charge in [-0.15, -0.1) is 11.3 Å². The Labute approximate surface area is 128 Å². The van der Waals surface area contributed by atoms with Crippen LogP contribution < -0.4 is 10.1 Å². The number of halogens is 2. The molecule has 1 aromatic carbocycles. The first-order valence-electron chi connectivity index (χ1n) is 6.10. The molecule has 2 rings (SSSR count). The molecular formula is C14H11F2NO4S. The molecular weight excluding hydrogens is 316 g/mol.